The van der Waals surface area contributed by atoms with E-state index in [1.807, 2.05) is 0 Å². The average Bonchev–Trinajstić information content (AvgIpc) is 2.79. The van der Waals surface area contributed by atoms with Crippen molar-refractivity contribution in [3.05, 3.63) is 24.7 Å². The largest absolute Gasteiger partial charge is 0.514 e. The molecule has 7 heteroatoms. The molecule has 2 aromatic rings. The number of fused-ring (bicyclic) bond motifs is 1. The van der Waals surface area contributed by atoms with Crippen LogP contribution in [0.15, 0.2) is 24.7 Å². The Morgan fingerprint density at radius 3 is 2.21 bits per heavy atom. The van der Waals surface area contributed by atoms with E-state index >= 15 is 0 Å². The molecule has 0 aromatic carbocycles. The van der Waals surface area contributed by atoms with Crippen molar-refractivity contribution in [2.75, 3.05) is 0 Å². The van der Waals surface area contributed by atoms with Crippen LogP contribution in [-0.4, -0.2) is 33.0 Å². The molecule has 2 heterocycles. The smallest absolute Gasteiger partial charge is 0.443 e. The highest BCUT2D eigenvalue weighted by Gasteiger charge is 2.22. The minimum absolute atomic E-state index is 0.212. The maximum atomic E-state index is 12.2. The maximum absolute atomic E-state index is 12.2. The van der Waals surface area contributed by atoms with Gasteiger partial charge in [0.25, 0.3) is 0 Å². The zero-order valence-electron chi connectivity index (χ0n) is 14.7. The molecule has 0 bridgehead atoms. The van der Waals surface area contributed by atoms with Crippen LogP contribution in [0.4, 0.5) is 9.59 Å². The monoisotopic (exact) mass is 334 g/mol. The number of rotatable bonds is 1. The van der Waals surface area contributed by atoms with Gasteiger partial charge in [-0.25, -0.2) is 9.59 Å². The van der Waals surface area contributed by atoms with Gasteiger partial charge in [0.2, 0.25) is 0 Å². The van der Waals surface area contributed by atoms with E-state index in [9.17, 15) is 9.59 Å². The second-order valence-corrected chi connectivity index (χ2v) is 7.30. The van der Waals surface area contributed by atoms with Crippen molar-refractivity contribution in [1.82, 2.24) is 9.55 Å². The summed E-state index contributed by atoms with van der Waals surface area (Å²) in [4.78, 5) is 28.1. The molecular formula is C17H22N2O5. The summed E-state index contributed by atoms with van der Waals surface area (Å²) in [5.74, 6) is 0.212. The molecule has 0 aliphatic carbocycles. The third-order valence-electron chi connectivity index (χ3n) is 2.75. The molecule has 0 saturated heterocycles. The zero-order chi connectivity index (χ0) is 18.1. The molecule has 7 nitrogen and oxygen atoms in total. The summed E-state index contributed by atoms with van der Waals surface area (Å²) in [5.41, 5.74) is -0.808. The predicted octanol–water partition coefficient (Wildman–Crippen LogP) is 4.13. The van der Waals surface area contributed by atoms with E-state index in [0.717, 1.165) is 0 Å². The Kier molecular flexibility index (Phi) is 4.55. The number of nitrogens with zero attached hydrogens (tertiary/aromatic N) is 2. The summed E-state index contributed by atoms with van der Waals surface area (Å²) >= 11 is 0. The lowest BCUT2D eigenvalue weighted by atomic mass is 10.2. The van der Waals surface area contributed by atoms with Crippen LogP contribution in [0.1, 0.15) is 41.5 Å². The van der Waals surface area contributed by atoms with Gasteiger partial charge >= 0.3 is 12.2 Å². The highest BCUT2D eigenvalue weighted by molar-refractivity contribution is 5.93. The molecule has 24 heavy (non-hydrogen) atoms. The van der Waals surface area contributed by atoms with Crippen LogP contribution in [0.3, 0.4) is 0 Å². The van der Waals surface area contributed by atoms with Crippen molar-refractivity contribution in [2.45, 2.75) is 52.7 Å². The van der Waals surface area contributed by atoms with Gasteiger partial charge < -0.3 is 14.2 Å². The standard InChI is InChI=1S/C17H22N2O5/c1-16(2,3)23-14(20)19-8-7-11-12(19)9-18-10-13(11)22-15(21)24-17(4,5)6/h7-10H,1-6H3. The number of aromatic nitrogens is 2. The lowest BCUT2D eigenvalue weighted by Gasteiger charge is -2.20. The minimum atomic E-state index is -0.832. The lowest BCUT2D eigenvalue weighted by Crippen LogP contribution is -2.26. The first-order valence-corrected chi connectivity index (χ1v) is 7.55. The number of carbonyl (C=O) groups is 2. The van der Waals surface area contributed by atoms with Crippen molar-refractivity contribution in [3.8, 4) is 5.75 Å². The van der Waals surface area contributed by atoms with Gasteiger partial charge in [0.05, 0.1) is 17.9 Å². The molecule has 0 aliphatic rings. The quantitative estimate of drug-likeness (QED) is 0.729. The molecule has 0 aliphatic heterocycles. The highest BCUT2D eigenvalue weighted by atomic mass is 16.7. The summed E-state index contributed by atoms with van der Waals surface area (Å²) in [6, 6.07) is 1.65. The first-order chi connectivity index (χ1) is 11.0. The molecule has 0 amide bonds. The normalized spacial score (nSPS) is 12.1. The van der Waals surface area contributed by atoms with Crippen molar-refractivity contribution < 1.29 is 23.8 Å². The molecule has 2 aromatic heterocycles. The van der Waals surface area contributed by atoms with Gasteiger partial charge in [-0.1, -0.05) is 0 Å². The molecule has 130 valence electrons. The summed E-state index contributed by atoms with van der Waals surface area (Å²) in [5, 5.41) is 0.557. The van der Waals surface area contributed by atoms with E-state index in [0.29, 0.717) is 10.9 Å². The summed E-state index contributed by atoms with van der Waals surface area (Å²) in [6.45, 7) is 10.6. The van der Waals surface area contributed by atoms with E-state index in [1.165, 1.54) is 17.0 Å². The number of carbonyl (C=O) groups excluding carboxylic acids is 2. The van der Waals surface area contributed by atoms with Crippen molar-refractivity contribution in [3.63, 3.8) is 0 Å². The van der Waals surface area contributed by atoms with Crippen LogP contribution in [0.25, 0.3) is 10.9 Å². The first-order valence-electron chi connectivity index (χ1n) is 7.55. The van der Waals surface area contributed by atoms with E-state index in [2.05, 4.69) is 4.98 Å². The first kappa shape index (κ1) is 17.8. The minimum Gasteiger partial charge on any atom is -0.443 e. The van der Waals surface area contributed by atoms with E-state index < -0.39 is 23.5 Å². The average molecular weight is 334 g/mol. The zero-order valence-corrected chi connectivity index (χ0v) is 14.7. The molecule has 0 atom stereocenters. The second kappa shape index (κ2) is 6.14. The molecule has 0 N–H and O–H groups in total. The van der Waals surface area contributed by atoms with Gasteiger partial charge in [0, 0.05) is 11.6 Å². The molecule has 2 rings (SSSR count). The second-order valence-electron chi connectivity index (χ2n) is 7.30. The third kappa shape index (κ3) is 4.47. The SMILES string of the molecule is CC(C)(C)OC(=O)Oc1cncc2c1ccn2C(=O)OC(C)(C)C. The molecule has 0 saturated carbocycles. The van der Waals surface area contributed by atoms with Crippen LogP contribution < -0.4 is 4.74 Å². The fourth-order valence-corrected chi connectivity index (χ4v) is 1.94. The fourth-order valence-electron chi connectivity index (χ4n) is 1.94. The topological polar surface area (TPSA) is 79.7 Å². The maximum Gasteiger partial charge on any atom is 0.514 e. The molecule has 0 unspecified atom stereocenters. The fraction of sp³-hybridized carbons (Fsp3) is 0.471. The summed E-state index contributed by atoms with van der Waals surface area (Å²) in [7, 11) is 0. The van der Waals surface area contributed by atoms with E-state index in [4.69, 9.17) is 14.2 Å². The van der Waals surface area contributed by atoms with E-state index in [-0.39, 0.29) is 5.75 Å². The lowest BCUT2D eigenvalue weighted by molar-refractivity contribution is 0.0208. The predicted molar refractivity (Wildman–Crippen MR) is 88.2 cm³/mol. The Labute approximate surface area is 140 Å². The van der Waals surface area contributed by atoms with Gasteiger partial charge in [0.15, 0.2) is 5.75 Å². The van der Waals surface area contributed by atoms with Crippen LogP contribution in [-0.2, 0) is 9.47 Å². The Balaban J connectivity index is 2.29. The summed E-state index contributed by atoms with van der Waals surface area (Å²) in [6.07, 6.45) is 3.07. The van der Waals surface area contributed by atoms with Crippen molar-refractivity contribution in [2.24, 2.45) is 0 Å². The van der Waals surface area contributed by atoms with Crippen molar-refractivity contribution in [1.29, 1.82) is 0 Å². The van der Waals surface area contributed by atoms with Gasteiger partial charge in [-0.05, 0) is 47.6 Å². The molecule has 0 fully saturated rings. The van der Waals surface area contributed by atoms with Gasteiger partial charge in [-0.2, -0.15) is 0 Å². The third-order valence-corrected chi connectivity index (χ3v) is 2.75. The summed E-state index contributed by atoms with van der Waals surface area (Å²) < 4.78 is 17.0. The van der Waals surface area contributed by atoms with E-state index in [1.54, 1.807) is 53.8 Å². The van der Waals surface area contributed by atoms with Crippen LogP contribution in [0.5, 0.6) is 5.75 Å². The van der Waals surface area contributed by atoms with Crippen LogP contribution in [0.2, 0.25) is 0 Å². The van der Waals surface area contributed by atoms with Gasteiger partial charge in [0.1, 0.15) is 11.2 Å². The van der Waals surface area contributed by atoms with Gasteiger partial charge in [-0.15, -0.1) is 0 Å². The number of hydrogen-bond acceptors (Lipinski definition) is 6. The molecular weight excluding hydrogens is 312 g/mol. The van der Waals surface area contributed by atoms with Crippen molar-refractivity contribution >= 4 is 23.2 Å². The highest BCUT2D eigenvalue weighted by Crippen LogP contribution is 2.27. The van der Waals surface area contributed by atoms with Crippen LogP contribution in [0, 0.1) is 0 Å². The molecule has 0 spiro atoms. The number of pyridine rings is 1. The Hall–Kier alpha value is -2.57. The Morgan fingerprint density at radius 1 is 1.00 bits per heavy atom. The molecule has 0 radical (unpaired) electrons. The number of ether oxygens (including phenoxy) is 3. The Bertz CT molecular complexity index is 765. The Morgan fingerprint density at radius 2 is 1.62 bits per heavy atom. The van der Waals surface area contributed by atoms with Crippen LogP contribution >= 0.6 is 0 Å². The number of hydrogen-bond donors (Lipinski definition) is 0. The van der Waals surface area contributed by atoms with Gasteiger partial charge in [-0.3, -0.25) is 9.55 Å².